The first-order valence-electron chi connectivity index (χ1n) is 6.26. The molecule has 1 unspecified atom stereocenters. The van der Waals surface area contributed by atoms with Crippen LogP contribution >= 0.6 is 0 Å². The van der Waals surface area contributed by atoms with E-state index in [4.69, 9.17) is 0 Å². The molecule has 1 saturated heterocycles. The summed E-state index contributed by atoms with van der Waals surface area (Å²) in [7, 11) is -2.87. The van der Waals surface area contributed by atoms with Gasteiger partial charge in [-0.25, -0.2) is 8.42 Å². The van der Waals surface area contributed by atoms with Gasteiger partial charge in [-0.2, -0.15) is 0 Å². The first-order chi connectivity index (χ1) is 9.05. The lowest BCUT2D eigenvalue weighted by atomic mass is 10.1. The second-order valence-electron chi connectivity index (χ2n) is 4.76. The van der Waals surface area contributed by atoms with Gasteiger partial charge in [-0.3, -0.25) is 4.79 Å². The fraction of sp³-hybridized carbons (Fsp3) is 0.357. The molecule has 1 aliphatic rings. The summed E-state index contributed by atoms with van der Waals surface area (Å²) in [5, 5.41) is 2.74. The molecule has 1 aliphatic heterocycles. The van der Waals surface area contributed by atoms with E-state index in [1.165, 1.54) is 6.08 Å². The van der Waals surface area contributed by atoms with Crippen LogP contribution in [0.1, 0.15) is 12.0 Å². The molecule has 4 nitrogen and oxygen atoms in total. The van der Waals surface area contributed by atoms with Crippen LogP contribution in [0.15, 0.2) is 36.4 Å². The van der Waals surface area contributed by atoms with Crippen LogP contribution in [0, 0.1) is 5.92 Å². The predicted octanol–water partition coefficient (Wildman–Crippen LogP) is 1.25. The third-order valence-electron chi connectivity index (χ3n) is 3.12. The Labute approximate surface area is 113 Å². The van der Waals surface area contributed by atoms with E-state index < -0.39 is 9.84 Å². The van der Waals surface area contributed by atoms with Crippen molar-refractivity contribution in [2.24, 2.45) is 5.92 Å². The number of benzene rings is 1. The zero-order valence-electron chi connectivity index (χ0n) is 10.6. The normalized spacial score (nSPS) is 21.6. The molecule has 0 aromatic heterocycles. The summed E-state index contributed by atoms with van der Waals surface area (Å²) < 4.78 is 22.5. The fourth-order valence-electron chi connectivity index (χ4n) is 2.07. The molecule has 1 N–H and O–H groups in total. The second-order valence-corrected chi connectivity index (χ2v) is 6.99. The molecule has 0 saturated carbocycles. The Morgan fingerprint density at radius 3 is 2.68 bits per heavy atom. The van der Waals surface area contributed by atoms with E-state index in [9.17, 15) is 13.2 Å². The number of hydrogen-bond donors (Lipinski definition) is 1. The van der Waals surface area contributed by atoms with Crippen molar-refractivity contribution in [3.05, 3.63) is 42.0 Å². The Morgan fingerprint density at radius 1 is 1.32 bits per heavy atom. The smallest absolute Gasteiger partial charge is 0.244 e. The summed E-state index contributed by atoms with van der Waals surface area (Å²) in [6, 6.07) is 9.54. The first kappa shape index (κ1) is 13.8. The number of sulfone groups is 1. The van der Waals surface area contributed by atoms with Gasteiger partial charge in [-0.15, -0.1) is 0 Å². The van der Waals surface area contributed by atoms with Crippen molar-refractivity contribution in [3.8, 4) is 0 Å². The maximum atomic E-state index is 11.6. The molecule has 0 spiro atoms. The Bertz CT molecular complexity index is 564. The third kappa shape index (κ3) is 4.52. The molecule has 0 bridgehead atoms. The van der Waals surface area contributed by atoms with E-state index in [2.05, 4.69) is 5.32 Å². The fourth-order valence-corrected chi connectivity index (χ4v) is 3.93. The van der Waals surface area contributed by atoms with E-state index in [-0.39, 0.29) is 23.3 Å². The zero-order valence-corrected chi connectivity index (χ0v) is 11.4. The second kappa shape index (κ2) is 6.02. The largest absolute Gasteiger partial charge is 0.352 e. The van der Waals surface area contributed by atoms with Gasteiger partial charge in [0.15, 0.2) is 9.84 Å². The summed E-state index contributed by atoms with van der Waals surface area (Å²) in [4.78, 5) is 11.6. The molecule has 1 fully saturated rings. The van der Waals surface area contributed by atoms with E-state index in [0.29, 0.717) is 13.0 Å². The summed E-state index contributed by atoms with van der Waals surface area (Å²) >= 11 is 0. The topological polar surface area (TPSA) is 63.2 Å². The number of carbonyl (C=O) groups is 1. The highest BCUT2D eigenvalue weighted by Crippen LogP contribution is 2.17. The monoisotopic (exact) mass is 279 g/mol. The van der Waals surface area contributed by atoms with Gasteiger partial charge in [0.25, 0.3) is 0 Å². The molecular formula is C14H17NO3S. The van der Waals surface area contributed by atoms with E-state index in [1.54, 1.807) is 6.08 Å². The molecule has 1 heterocycles. The number of amides is 1. The highest BCUT2D eigenvalue weighted by atomic mass is 32.2. The van der Waals surface area contributed by atoms with Gasteiger partial charge in [-0.05, 0) is 24.0 Å². The number of carbonyl (C=O) groups excluding carboxylic acids is 1. The van der Waals surface area contributed by atoms with E-state index in [1.807, 2.05) is 30.3 Å². The van der Waals surface area contributed by atoms with Gasteiger partial charge in [-0.1, -0.05) is 30.3 Å². The van der Waals surface area contributed by atoms with Crippen LogP contribution in [0.5, 0.6) is 0 Å². The molecule has 0 radical (unpaired) electrons. The average molecular weight is 279 g/mol. The molecule has 0 aliphatic carbocycles. The van der Waals surface area contributed by atoms with Gasteiger partial charge < -0.3 is 5.32 Å². The standard InChI is InChI=1S/C14H17NO3S/c16-14(7-6-12-4-2-1-3-5-12)15-10-13-8-9-19(17,18)11-13/h1-7,13H,8-11H2,(H,15,16)/b7-6+. The van der Waals surface area contributed by atoms with Crippen LogP contribution in [-0.4, -0.2) is 32.4 Å². The molecule has 5 heteroatoms. The molecule has 2 rings (SSSR count). The number of rotatable bonds is 4. The summed E-state index contributed by atoms with van der Waals surface area (Å²) in [5.41, 5.74) is 0.959. The van der Waals surface area contributed by atoms with Crippen molar-refractivity contribution < 1.29 is 13.2 Å². The minimum Gasteiger partial charge on any atom is -0.352 e. The number of hydrogen-bond acceptors (Lipinski definition) is 3. The van der Waals surface area contributed by atoms with Gasteiger partial charge >= 0.3 is 0 Å². The summed E-state index contributed by atoms with van der Waals surface area (Å²) in [6.07, 6.45) is 3.85. The molecule has 1 amide bonds. The highest BCUT2D eigenvalue weighted by Gasteiger charge is 2.27. The molecule has 19 heavy (non-hydrogen) atoms. The van der Waals surface area contributed by atoms with Gasteiger partial charge in [0.05, 0.1) is 11.5 Å². The minimum atomic E-state index is -2.87. The first-order valence-corrected chi connectivity index (χ1v) is 8.09. The molecular weight excluding hydrogens is 262 g/mol. The lowest BCUT2D eigenvalue weighted by molar-refractivity contribution is -0.116. The Kier molecular flexibility index (Phi) is 4.37. The van der Waals surface area contributed by atoms with Crippen molar-refractivity contribution in [2.75, 3.05) is 18.1 Å². The third-order valence-corrected chi connectivity index (χ3v) is 4.96. The van der Waals surface area contributed by atoms with Crippen LogP contribution in [0.2, 0.25) is 0 Å². The Balaban J connectivity index is 1.78. The van der Waals surface area contributed by atoms with E-state index in [0.717, 1.165) is 5.56 Å². The summed E-state index contributed by atoms with van der Waals surface area (Å²) in [6.45, 7) is 0.428. The van der Waals surface area contributed by atoms with Crippen LogP contribution in [0.25, 0.3) is 6.08 Å². The lowest BCUT2D eigenvalue weighted by Gasteiger charge is -2.07. The summed E-state index contributed by atoms with van der Waals surface area (Å²) in [5.74, 6) is 0.301. The van der Waals surface area contributed by atoms with E-state index >= 15 is 0 Å². The van der Waals surface area contributed by atoms with Crippen molar-refractivity contribution in [1.29, 1.82) is 0 Å². The van der Waals surface area contributed by atoms with Crippen LogP contribution in [0.3, 0.4) is 0 Å². The van der Waals surface area contributed by atoms with Gasteiger partial charge in [0.2, 0.25) is 5.91 Å². The Hall–Kier alpha value is -1.62. The molecule has 1 aromatic carbocycles. The Morgan fingerprint density at radius 2 is 2.05 bits per heavy atom. The zero-order chi connectivity index (χ0) is 13.7. The minimum absolute atomic E-state index is 0.0547. The molecule has 102 valence electrons. The van der Waals surface area contributed by atoms with Crippen molar-refractivity contribution >= 4 is 21.8 Å². The lowest BCUT2D eigenvalue weighted by Crippen LogP contribution is -2.28. The SMILES string of the molecule is O=C(/C=C/c1ccccc1)NCC1CCS(=O)(=O)C1. The van der Waals surface area contributed by atoms with Crippen LogP contribution in [0.4, 0.5) is 0 Å². The number of nitrogens with one attached hydrogen (secondary N) is 1. The van der Waals surface area contributed by atoms with Crippen LogP contribution < -0.4 is 5.32 Å². The van der Waals surface area contributed by atoms with Crippen LogP contribution in [-0.2, 0) is 14.6 Å². The maximum Gasteiger partial charge on any atom is 0.244 e. The predicted molar refractivity (Wildman–Crippen MR) is 75.2 cm³/mol. The molecule has 1 aromatic rings. The maximum absolute atomic E-state index is 11.6. The average Bonchev–Trinajstić information content (AvgIpc) is 2.75. The van der Waals surface area contributed by atoms with Crippen molar-refractivity contribution in [3.63, 3.8) is 0 Å². The van der Waals surface area contributed by atoms with Crippen molar-refractivity contribution in [2.45, 2.75) is 6.42 Å². The molecule has 1 atom stereocenters. The highest BCUT2D eigenvalue weighted by molar-refractivity contribution is 7.91. The van der Waals surface area contributed by atoms with Gasteiger partial charge in [0.1, 0.15) is 0 Å². The van der Waals surface area contributed by atoms with Crippen molar-refractivity contribution in [1.82, 2.24) is 5.32 Å². The van der Waals surface area contributed by atoms with Gasteiger partial charge in [0, 0.05) is 12.6 Å². The quantitative estimate of drug-likeness (QED) is 0.844.